The predicted octanol–water partition coefficient (Wildman–Crippen LogP) is 3.63. The summed E-state index contributed by atoms with van der Waals surface area (Å²) in [5, 5.41) is 3.54. The van der Waals surface area contributed by atoms with Crippen molar-refractivity contribution in [2.24, 2.45) is 17.8 Å². The standard InChI is InChI=1S/C26H41N5O/c1-18(2)25(32)21-5-3-19(4-6-21)17-30-11-9-20(10-12-30)22-13-28-26(29-14-22)31-23-7-8-24(31)16-27-15-23/h13-14,18-21,23-24,27H,3-12,15-17H2,1-2H3. The third kappa shape index (κ3) is 4.72. The second-order valence-corrected chi connectivity index (χ2v) is 11.1. The number of piperazine rings is 1. The van der Waals surface area contributed by atoms with Gasteiger partial charge in [0.1, 0.15) is 5.78 Å². The number of hydrogen-bond acceptors (Lipinski definition) is 6. The van der Waals surface area contributed by atoms with Gasteiger partial charge in [-0.25, -0.2) is 9.97 Å². The monoisotopic (exact) mass is 439 g/mol. The van der Waals surface area contributed by atoms with Crippen molar-refractivity contribution in [2.45, 2.75) is 83.2 Å². The van der Waals surface area contributed by atoms with E-state index >= 15 is 0 Å². The molecule has 1 aromatic heterocycles. The fraction of sp³-hybridized carbons (Fsp3) is 0.808. The normalized spacial score (nSPS) is 31.9. The Balaban J connectivity index is 1.08. The maximum absolute atomic E-state index is 12.3. The molecule has 4 fully saturated rings. The Hall–Kier alpha value is -1.53. The van der Waals surface area contributed by atoms with E-state index in [1.807, 2.05) is 13.8 Å². The summed E-state index contributed by atoms with van der Waals surface area (Å²) in [6.45, 7) is 9.80. The molecule has 2 bridgehead atoms. The summed E-state index contributed by atoms with van der Waals surface area (Å²) in [7, 11) is 0. The molecule has 32 heavy (non-hydrogen) atoms. The van der Waals surface area contributed by atoms with Crippen molar-refractivity contribution in [3.8, 4) is 0 Å². The Morgan fingerprint density at radius 1 is 0.969 bits per heavy atom. The van der Waals surface area contributed by atoms with Gasteiger partial charge in [-0.2, -0.15) is 0 Å². The molecule has 1 aromatic rings. The Kier molecular flexibility index (Phi) is 6.79. The fourth-order valence-electron chi connectivity index (χ4n) is 6.70. The lowest BCUT2D eigenvalue weighted by atomic mass is 9.77. The van der Waals surface area contributed by atoms with Crippen LogP contribution in [0.4, 0.5) is 5.95 Å². The van der Waals surface area contributed by atoms with Gasteiger partial charge in [-0.15, -0.1) is 0 Å². The van der Waals surface area contributed by atoms with Gasteiger partial charge >= 0.3 is 0 Å². The van der Waals surface area contributed by atoms with E-state index < -0.39 is 0 Å². The van der Waals surface area contributed by atoms with Crippen LogP contribution >= 0.6 is 0 Å². The summed E-state index contributed by atoms with van der Waals surface area (Å²) in [6.07, 6.45) is 13.8. The van der Waals surface area contributed by atoms with Crippen LogP contribution < -0.4 is 10.2 Å². The number of nitrogens with zero attached hydrogens (tertiary/aromatic N) is 4. The maximum Gasteiger partial charge on any atom is 0.225 e. The molecule has 0 amide bonds. The second-order valence-electron chi connectivity index (χ2n) is 11.1. The lowest BCUT2D eigenvalue weighted by Gasteiger charge is -2.37. The van der Waals surface area contributed by atoms with Crippen LogP contribution in [0, 0.1) is 17.8 Å². The van der Waals surface area contributed by atoms with Gasteiger partial charge in [0.15, 0.2) is 0 Å². The highest BCUT2D eigenvalue weighted by atomic mass is 16.1. The van der Waals surface area contributed by atoms with Crippen LogP contribution in [0.1, 0.15) is 76.7 Å². The molecule has 3 aliphatic heterocycles. The number of carbonyl (C=O) groups excluding carboxylic acids is 1. The Morgan fingerprint density at radius 2 is 1.59 bits per heavy atom. The van der Waals surface area contributed by atoms with Gasteiger partial charge < -0.3 is 15.1 Å². The van der Waals surface area contributed by atoms with Crippen molar-refractivity contribution in [1.29, 1.82) is 0 Å². The van der Waals surface area contributed by atoms with Crippen molar-refractivity contribution in [2.75, 3.05) is 37.6 Å². The summed E-state index contributed by atoms with van der Waals surface area (Å²) >= 11 is 0. The molecule has 2 atom stereocenters. The van der Waals surface area contributed by atoms with E-state index in [0.29, 0.717) is 29.7 Å². The topological polar surface area (TPSA) is 61.4 Å². The minimum absolute atomic E-state index is 0.195. The van der Waals surface area contributed by atoms with Gasteiger partial charge in [-0.05, 0) is 81.9 Å². The number of piperidine rings is 1. The van der Waals surface area contributed by atoms with E-state index in [-0.39, 0.29) is 5.92 Å². The zero-order valence-electron chi connectivity index (χ0n) is 20.0. The highest BCUT2D eigenvalue weighted by molar-refractivity contribution is 5.82. The van der Waals surface area contributed by atoms with Gasteiger partial charge in [0.25, 0.3) is 0 Å². The van der Waals surface area contributed by atoms with Gasteiger partial charge in [-0.3, -0.25) is 4.79 Å². The van der Waals surface area contributed by atoms with E-state index in [0.717, 1.165) is 37.8 Å². The molecular weight excluding hydrogens is 398 g/mol. The lowest BCUT2D eigenvalue weighted by Crippen LogP contribution is -2.52. The first-order chi connectivity index (χ1) is 15.6. The maximum atomic E-state index is 12.3. The van der Waals surface area contributed by atoms with Crippen LogP contribution in [0.3, 0.4) is 0 Å². The van der Waals surface area contributed by atoms with Crippen LogP contribution in [0.25, 0.3) is 0 Å². The van der Waals surface area contributed by atoms with E-state index in [1.54, 1.807) is 0 Å². The van der Waals surface area contributed by atoms with Crippen molar-refractivity contribution in [3.05, 3.63) is 18.0 Å². The fourth-order valence-corrected chi connectivity index (χ4v) is 6.70. The van der Waals surface area contributed by atoms with Crippen molar-refractivity contribution in [1.82, 2.24) is 20.2 Å². The van der Waals surface area contributed by atoms with E-state index in [1.165, 1.54) is 63.7 Å². The number of ketones is 1. The molecule has 0 radical (unpaired) electrons. The Labute approximate surface area is 193 Å². The summed E-state index contributed by atoms with van der Waals surface area (Å²) in [5.74, 6) is 3.32. The molecule has 176 valence electrons. The summed E-state index contributed by atoms with van der Waals surface area (Å²) in [5.41, 5.74) is 1.32. The van der Waals surface area contributed by atoms with Crippen LogP contribution in [0.5, 0.6) is 0 Å². The Morgan fingerprint density at radius 3 is 2.19 bits per heavy atom. The molecule has 6 heteroatoms. The minimum Gasteiger partial charge on any atom is -0.332 e. The largest absolute Gasteiger partial charge is 0.332 e. The van der Waals surface area contributed by atoms with E-state index in [4.69, 9.17) is 9.97 Å². The van der Waals surface area contributed by atoms with E-state index in [9.17, 15) is 4.79 Å². The van der Waals surface area contributed by atoms with Crippen LogP contribution in [0.2, 0.25) is 0 Å². The minimum atomic E-state index is 0.195. The van der Waals surface area contributed by atoms with Gasteiger partial charge in [0, 0.05) is 55.9 Å². The number of Topliss-reactive ketones (excluding diaryl/α,β-unsaturated/α-hetero) is 1. The first-order valence-electron chi connectivity index (χ1n) is 13.2. The number of nitrogens with one attached hydrogen (secondary N) is 1. The molecular formula is C26H41N5O. The van der Waals surface area contributed by atoms with Gasteiger partial charge in [-0.1, -0.05) is 13.8 Å². The Bertz CT molecular complexity index is 749. The van der Waals surface area contributed by atoms with Crippen molar-refractivity contribution < 1.29 is 4.79 Å². The number of hydrogen-bond donors (Lipinski definition) is 1. The van der Waals surface area contributed by atoms with Crippen LogP contribution in [-0.2, 0) is 4.79 Å². The number of fused-ring (bicyclic) bond motifs is 2. The molecule has 4 heterocycles. The number of anilines is 1. The van der Waals surface area contributed by atoms with Crippen molar-refractivity contribution >= 4 is 11.7 Å². The lowest BCUT2D eigenvalue weighted by molar-refractivity contribution is -0.127. The first kappa shape index (κ1) is 22.3. The molecule has 2 unspecified atom stereocenters. The summed E-state index contributed by atoms with van der Waals surface area (Å²) in [6, 6.07) is 1.14. The zero-order chi connectivity index (χ0) is 22.1. The highest BCUT2D eigenvalue weighted by Gasteiger charge is 2.38. The van der Waals surface area contributed by atoms with Gasteiger partial charge in [0.2, 0.25) is 5.95 Å². The molecule has 5 rings (SSSR count). The van der Waals surface area contributed by atoms with E-state index in [2.05, 4.69) is 27.5 Å². The third-order valence-corrected chi connectivity index (χ3v) is 8.66. The highest BCUT2D eigenvalue weighted by Crippen LogP contribution is 2.34. The number of likely N-dealkylation sites (tertiary alicyclic amines) is 1. The molecule has 1 aliphatic carbocycles. The zero-order valence-corrected chi connectivity index (χ0v) is 20.0. The quantitative estimate of drug-likeness (QED) is 0.730. The average molecular weight is 440 g/mol. The predicted molar refractivity (Wildman–Crippen MR) is 128 cm³/mol. The summed E-state index contributed by atoms with van der Waals surface area (Å²) in [4.78, 5) is 27.0. The molecule has 0 spiro atoms. The molecule has 1 N–H and O–H groups in total. The number of aromatic nitrogens is 2. The van der Waals surface area contributed by atoms with Crippen LogP contribution in [-0.4, -0.2) is 65.5 Å². The molecule has 1 saturated carbocycles. The third-order valence-electron chi connectivity index (χ3n) is 8.66. The molecule has 4 aliphatic rings. The number of rotatable bonds is 6. The van der Waals surface area contributed by atoms with Crippen LogP contribution in [0.15, 0.2) is 12.4 Å². The molecule has 6 nitrogen and oxygen atoms in total. The SMILES string of the molecule is CC(C)C(=O)C1CCC(CN2CCC(c3cnc(N4C5CCC4CNC5)nc3)CC2)CC1. The van der Waals surface area contributed by atoms with Crippen molar-refractivity contribution in [3.63, 3.8) is 0 Å². The first-order valence-corrected chi connectivity index (χ1v) is 13.2. The second kappa shape index (κ2) is 9.76. The molecule has 0 aromatic carbocycles. The smallest absolute Gasteiger partial charge is 0.225 e. The number of carbonyl (C=O) groups is 1. The summed E-state index contributed by atoms with van der Waals surface area (Å²) < 4.78 is 0. The average Bonchev–Trinajstić information content (AvgIpc) is 3.07. The molecule has 3 saturated heterocycles. The van der Waals surface area contributed by atoms with Gasteiger partial charge in [0.05, 0.1) is 0 Å².